The van der Waals surface area contributed by atoms with Gasteiger partial charge in [-0.2, -0.15) is 5.10 Å². The predicted octanol–water partition coefficient (Wildman–Crippen LogP) is 4.16. The fraction of sp³-hybridized carbons (Fsp3) is 0. The molecule has 7 nitrogen and oxygen atoms in total. The Hall–Kier alpha value is -3.23. The Morgan fingerprint density at radius 1 is 1.19 bits per heavy atom. The van der Waals surface area contributed by atoms with Gasteiger partial charge in [-0.15, -0.1) is 16.4 Å². The lowest BCUT2D eigenvalue weighted by molar-refractivity contribution is 0.104. The summed E-state index contributed by atoms with van der Waals surface area (Å²) in [6.07, 6.45) is 1.47. The standard InChI is InChI=1S/C18H11ClN4O3S/c19-10-5-6-11-12(9-10)23(18(26)21-14-4-1-7-20-22-14)17(25)15(11)16(24)13-3-2-8-27-13/h1-9,25H,(H,21,22,26). The van der Waals surface area contributed by atoms with Gasteiger partial charge in [0, 0.05) is 16.6 Å². The van der Waals surface area contributed by atoms with Crippen LogP contribution in [0.4, 0.5) is 10.6 Å². The highest BCUT2D eigenvalue weighted by atomic mass is 35.5. The molecule has 3 aromatic heterocycles. The molecule has 0 radical (unpaired) electrons. The zero-order chi connectivity index (χ0) is 19.0. The molecule has 0 saturated heterocycles. The maximum Gasteiger partial charge on any atom is 0.334 e. The van der Waals surface area contributed by atoms with Crippen molar-refractivity contribution in [2.75, 3.05) is 5.32 Å². The largest absolute Gasteiger partial charge is 0.494 e. The number of amides is 1. The van der Waals surface area contributed by atoms with Gasteiger partial charge in [-0.25, -0.2) is 9.36 Å². The highest BCUT2D eigenvalue weighted by Gasteiger charge is 2.27. The van der Waals surface area contributed by atoms with Crippen LogP contribution in [0.2, 0.25) is 5.02 Å². The van der Waals surface area contributed by atoms with Crippen LogP contribution >= 0.6 is 22.9 Å². The van der Waals surface area contributed by atoms with Crippen molar-refractivity contribution in [1.82, 2.24) is 14.8 Å². The zero-order valence-electron chi connectivity index (χ0n) is 13.6. The Bertz CT molecular complexity index is 1160. The van der Waals surface area contributed by atoms with E-state index < -0.39 is 11.9 Å². The van der Waals surface area contributed by atoms with Gasteiger partial charge in [-0.05, 0) is 35.7 Å². The van der Waals surface area contributed by atoms with Crippen LogP contribution in [0.1, 0.15) is 15.2 Å². The molecule has 0 aliphatic heterocycles. The number of nitrogens with one attached hydrogen (secondary N) is 1. The van der Waals surface area contributed by atoms with Crippen LogP contribution in [0.15, 0.2) is 54.0 Å². The summed E-state index contributed by atoms with van der Waals surface area (Å²) in [5.74, 6) is -0.634. The lowest BCUT2D eigenvalue weighted by Crippen LogP contribution is -2.20. The quantitative estimate of drug-likeness (QED) is 0.505. The number of aromatic hydroxyl groups is 1. The molecule has 4 rings (SSSR count). The minimum atomic E-state index is -0.689. The highest BCUT2D eigenvalue weighted by Crippen LogP contribution is 2.35. The van der Waals surface area contributed by atoms with E-state index >= 15 is 0 Å². The van der Waals surface area contributed by atoms with Crippen molar-refractivity contribution < 1.29 is 14.7 Å². The summed E-state index contributed by atoms with van der Waals surface area (Å²) < 4.78 is 0.997. The molecule has 0 spiro atoms. The van der Waals surface area contributed by atoms with Crippen LogP contribution in [0.3, 0.4) is 0 Å². The Morgan fingerprint density at radius 2 is 2.04 bits per heavy atom. The van der Waals surface area contributed by atoms with Crippen LogP contribution in [0.5, 0.6) is 5.88 Å². The minimum Gasteiger partial charge on any atom is -0.494 e. The van der Waals surface area contributed by atoms with Gasteiger partial charge in [0.2, 0.25) is 11.7 Å². The van der Waals surface area contributed by atoms with Gasteiger partial charge >= 0.3 is 6.03 Å². The van der Waals surface area contributed by atoms with Gasteiger partial charge in [-0.1, -0.05) is 23.7 Å². The second kappa shape index (κ2) is 6.82. The summed E-state index contributed by atoms with van der Waals surface area (Å²) >= 11 is 7.32. The van der Waals surface area contributed by atoms with E-state index in [4.69, 9.17) is 11.6 Å². The molecule has 9 heteroatoms. The molecule has 0 bridgehead atoms. The fourth-order valence-corrected chi connectivity index (χ4v) is 3.58. The number of carbonyl (C=O) groups is 2. The number of nitrogens with zero attached hydrogens (tertiary/aromatic N) is 3. The molecule has 0 aliphatic carbocycles. The molecule has 1 amide bonds. The van der Waals surface area contributed by atoms with E-state index in [1.807, 2.05) is 0 Å². The van der Waals surface area contributed by atoms with Gasteiger partial charge in [-0.3, -0.25) is 10.1 Å². The number of rotatable bonds is 3. The smallest absolute Gasteiger partial charge is 0.334 e. The maximum atomic E-state index is 12.9. The van der Waals surface area contributed by atoms with E-state index in [1.165, 1.54) is 23.6 Å². The first-order chi connectivity index (χ1) is 13.1. The number of carbonyl (C=O) groups excluding carboxylic acids is 2. The highest BCUT2D eigenvalue weighted by molar-refractivity contribution is 7.12. The first-order valence-electron chi connectivity index (χ1n) is 7.76. The van der Waals surface area contributed by atoms with Gasteiger partial charge in [0.05, 0.1) is 16.0 Å². The van der Waals surface area contributed by atoms with Gasteiger partial charge in [0.1, 0.15) is 0 Å². The van der Waals surface area contributed by atoms with E-state index in [9.17, 15) is 14.7 Å². The van der Waals surface area contributed by atoms with Gasteiger partial charge in [0.15, 0.2) is 5.82 Å². The zero-order valence-corrected chi connectivity index (χ0v) is 15.2. The number of anilines is 1. The molecule has 0 saturated carbocycles. The first kappa shape index (κ1) is 17.2. The van der Waals surface area contributed by atoms with Crippen molar-refractivity contribution in [1.29, 1.82) is 0 Å². The van der Waals surface area contributed by atoms with Crippen molar-refractivity contribution in [3.05, 3.63) is 69.5 Å². The van der Waals surface area contributed by atoms with Crippen LogP contribution in [0.25, 0.3) is 10.9 Å². The summed E-state index contributed by atoms with van der Waals surface area (Å²) in [7, 11) is 0. The van der Waals surface area contributed by atoms with E-state index in [-0.39, 0.29) is 17.2 Å². The predicted molar refractivity (Wildman–Crippen MR) is 103 cm³/mol. The first-order valence-corrected chi connectivity index (χ1v) is 9.02. The normalized spacial score (nSPS) is 10.9. The maximum absolute atomic E-state index is 12.9. The minimum absolute atomic E-state index is 0.0402. The van der Waals surface area contributed by atoms with E-state index in [0.29, 0.717) is 20.8 Å². The molecular weight excluding hydrogens is 388 g/mol. The third kappa shape index (κ3) is 3.05. The number of hydrogen-bond acceptors (Lipinski definition) is 6. The number of aromatic nitrogens is 3. The second-order valence-corrected chi connectivity index (χ2v) is 6.93. The molecule has 4 aromatic rings. The molecule has 27 heavy (non-hydrogen) atoms. The van der Waals surface area contributed by atoms with Crippen molar-refractivity contribution in [3.8, 4) is 5.88 Å². The van der Waals surface area contributed by atoms with E-state index in [1.54, 1.807) is 41.8 Å². The molecule has 0 aliphatic rings. The molecule has 0 unspecified atom stereocenters. The van der Waals surface area contributed by atoms with Crippen LogP contribution < -0.4 is 5.32 Å². The Morgan fingerprint density at radius 3 is 2.74 bits per heavy atom. The van der Waals surface area contributed by atoms with Crippen LogP contribution in [-0.4, -0.2) is 31.7 Å². The van der Waals surface area contributed by atoms with Gasteiger partial charge in [0.25, 0.3) is 0 Å². The third-order valence-corrected chi connectivity index (χ3v) is 4.99. The lowest BCUT2D eigenvalue weighted by atomic mass is 10.1. The summed E-state index contributed by atoms with van der Waals surface area (Å²) in [6, 6.07) is 10.6. The Labute approximate surface area is 161 Å². The lowest BCUT2D eigenvalue weighted by Gasteiger charge is -2.07. The number of benzene rings is 1. The number of fused-ring (bicyclic) bond motifs is 1. The van der Waals surface area contributed by atoms with E-state index in [0.717, 1.165) is 4.57 Å². The summed E-state index contributed by atoms with van der Waals surface area (Å²) in [4.78, 5) is 26.1. The molecule has 0 fully saturated rings. The van der Waals surface area contributed by atoms with Gasteiger partial charge < -0.3 is 5.11 Å². The summed E-state index contributed by atoms with van der Waals surface area (Å²) in [5, 5.41) is 23.3. The fourth-order valence-electron chi connectivity index (χ4n) is 2.74. The number of thiophene rings is 1. The molecule has 0 atom stereocenters. The van der Waals surface area contributed by atoms with Crippen molar-refractivity contribution in [2.45, 2.75) is 0 Å². The number of halogens is 1. The molecular formula is C18H11ClN4O3S. The Kier molecular flexibility index (Phi) is 4.35. The average molecular weight is 399 g/mol. The van der Waals surface area contributed by atoms with Crippen molar-refractivity contribution in [2.24, 2.45) is 0 Å². The molecule has 2 N–H and O–H groups in total. The topological polar surface area (TPSA) is 97.1 Å². The SMILES string of the molecule is O=C(c1cccs1)c1c(O)n(C(=O)Nc2cccnn2)c2cc(Cl)ccc12. The van der Waals surface area contributed by atoms with Crippen molar-refractivity contribution >= 4 is 51.5 Å². The van der Waals surface area contributed by atoms with E-state index in [2.05, 4.69) is 15.5 Å². The van der Waals surface area contributed by atoms with Crippen LogP contribution in [-0.2, 0) is 0 Å². The number of ketones is 1. The average Bonchev–Trinajstić information content (AvgIpc) is 3.27. The van der Waals surface area contributed by atoms with Crippen LogP contribution in [0, 0.1) is 0 Å². The number of hydrogen-bond donors (Lipinski definition) is 2. The van der Waals surface area contributed by atoms with Crippen molar-refractivity contribution in [3.63, 3.8) is 0 Å². The second-order valence-electron chi connectivity index (χ2n) is 5.54. The molecule has 134 valence electrons. The monoisotopic (exact) mass is 398 g/mol. The summed E-state index contributed by atoms with van der Waals surface area (Å²) in [6.45, 7) is 0. The Balaban J connectivity index is 1.87. The molecule has 1 aromatic carbocycles. The third-order valence-electron chi connectivity index (χ3n) is 3.89. The summed E-state index contributed by atoms with van der Waals surface area (Å²) in [5.41, 5.74) is 0.347. The molecule has 3 heterocycles.